The van der Waals surface area contributed by atoms with E-state index in [9.17, 15) is 9.59 Å². The minimum atomic E-state index is -0.103. The van der Waals surface area contributed by atoms with Crippen molar-refractivity contribution in [1.82, 2.24) is 10.2 Å². The predicted octanol–water partition coefficient (Wildman–Crippen LogP) is 0.879. The summed E-state index contributed by atoms with van der Waals surface area (Å²) in [4.78, 5) is 25.3. The van der Waals surface area contributed by atoms with Gasteiger partial charge in [0, 0.05) is 38.5 Å². The Kier molecular flexibility index (Phi) is 9.28. The lowest BCUT2D eigenvalue weighted by molar-refractivity contribution is -0.133. The van der Waals surface area contributed by atoms with Gasteiger partial charge in [-0.3, -0.25) is 9.59 Å². The van der Waals surface area contributed by atoms with Gasteiger partial charge in [0.2, 0.25) is 11.8 Å². The summed E-state index contributed by atoms with van der Waals surface area (Å²) in [6.07, 6.45) is 2.42. The quantitative estimate of drug-likeness (QED) is 0.644. The summed E-state index contributed by atoms with van der Waals surface area (Å²) < 4.78 is 0. The van der Waals surface area contributed by atoms with Gasteiger partial charge in [0.1, 0.15) is 0 Å². The van der Waals surface area contributed by atoms with Gasteiger partial charge in [-0.2, -0.15) is 0 Å². The monoisotopic (exact) mass is 257 g/mol. The highest BCUT2D eigenvalue weighted by Crippen LogP contribution is 2.01. The molecule has 5 nitrogen and oxygen atoms in total. The molecular formula is C13H27N3O2. The number of nitrogens with one attached hydrogen (secondary N) is 1. The summed E-state index contributed by atoms with van der Waals surface area (Å²) in [5.74, 6) is -0.0384. The van der Waals surface area contributed by atoms with Gasteiger partial charge in [0.15, 0.2) is 0 Å². The van der Waals surface area contributed by atoms with Gasteiger partial charge in [-0.05, 0) is 19.8 Å². The van der Waals surface area contributed by atoms with Crippen LogP contribution in [0, 0.1) is 0 Å². The van der Waals surface area contributed by atoms with Crippen LogP contribution in [0.5, 0.6) is 0 Å². The van der Waals surface area contributed by atoms with Crippen molar-refractivity contribution in [3.8, 4) is 0 Å². The van der Waals surface area contributed by atoms with Gasteiger partial charge in [-0.15, -0.1) is 0 Å². The third-order valence-electron chi connectivity index (χ3n) is 2.67. The van der Waals surface area contributed by atoms with E-state index in [0.717, 1.165) is 25.9 Å². The Morgan fingerprint density at radius 3 is 2.17 bits per heavy atom. The second-order valence-corrected chi connectivity index (χ2v) is 4.59. The summed E-state index contributed by atoms with van der Waals surface area (Å²) >= 11 is 0. The number of hydrogen-bond donors (Lipinski definition) is 2. The van der Waals surface area contributed by atoms with E-state index >= 15 is 0 Å². The van der Waals surface area contributed by atoms with Crippen LogP contribution in [0.25, 0.3) is 0 Å². The Hall–Kier alpha value is -1.10. The maximum atomic E-state index is 11.9. The molecule has 106 valence electrons. The van der Waals surface area contributed by atoms with Gasteiger partial charge in [-0.25, -0.2) is 0 Å². The molecule has 0 fully saturated rings. The molecule has 0 unspecified atom stereocenters. The van der Waals surface area contributed by atoms with Crippen LogP contribution in [0.4, 0.5) is 0 Å². The minimum absolute atomic E-state index is 0.0324. The van der Waals surface area contributed by atoms with Crippen LogP contribution in [-0.2, 0) is 9.59 Å². The first-order valence-corrected chi connectivity index (χ1v) is 6.82. The third kappa shape index (κ3) is 7.27. The lowest BCUT2D eigenvalue weighted by Crippen LogP contribution is -2.39. The van der Waals surface area contributed by atoms with Gasteiger partial charge < -0.3 is 16.0 Å². The van der Waals surface area contributed by atoms with Crippen LogP contribution >= 0.6 is 0 Å². The van der Waals surface area contributed by atoms with E-state index < -0.39 is 0 Å². The van der Waals surface area contributed by atoms with E-state index in [1.165, 1.54) is 0 Å². The van der Waals surface area contributed by atoms with Gasteiger partial charge in [-0.1, -0.05) is 13.8 Å². The standard InChI is InChI=1S/C13H27N3O2/c1-4-8-16(9-5-2)13(18)7-6-12(17)15-11(3)10-14/h11H,4-10,14H2,1-3H3,(H,15,17)/t11-/m0/s1. The Labute approximate surface area is 110 Å². The lowest BCUT2D eigenvalue weighted by Gasteiger charge is -2.21. The molecule has 0 aliphatic rings. The Bertz CT molecular complexity index is 251. The normalized spacial score (nSPS) is 12.0. The molecule has 0 saturated heterocycles. The Morgan fingerprint density at radius 1 is 1.17 bits per heavy atom. The molecule has 18 heavy (non-hydrogen) atoms. The van der Waals surface area contributed by atoms with E-state index in [2.05, 4.69) is 5.32 Å². The molecule has 0 saturated carbocycles. The zero-order valence-electron chi connectivity index (χ0n) is 11.9. The van der Waals surface area contributed by atoms with Gasteiger partial charge in [0.25, 0.3) is 0 Å². The molecule has 2 amide bonds. The molecule has 0 heterocycles. The zero-order valence-corrected chi connectivity index (χ0v) is 11.9. The van der Waals surface area contributed by atoms with Crippen molar-refractivity contribution in [2.24, 2.45) is 5.73 Å². The van der Waals surface area contributed by atoms with E-state index in [-0.39, 0.29) is 30.7 Å². The first-order valence-electron chi connectivity index (χ1n) is 6.82. The second kappa shape index (κ2) is 9.88. The molecule has 0 rings (SSSR count). The number of nitrogens with two attached hydrogens (primary N) is 1. The van der Waals surface area contributed by atoms with Crippen LogP contribution in [0.2, 0.25) is 0 Å². The molecule has 0 aromatic rings. The molecule has 0 aromatic heterocycles. The average Bonchev–Trinajstić information content (AvgIpc) is 2.35. The third-order valence-corrected chi connectivity index (χ3v) is 2.67. The number of carbonyl (C=O) groups is 2. The summed E-state index contributed by atoms with van der Waals surface area (Å²) in [5.41, 5.74) is 5.41. The smallest absolute Gasteiger partial charge is 0.223 e. The van der Waals surface area contributed by atoms with Crippen molar-refractivity contribution in [2.45, 2.75) is 52.5 Å². The summed E-state index contributed by atoms with van der Waals surface area (Å²) in [5, 5.41) is 2.75. The van der Waals surface area contributed by atoms with Gasteiger partial charge >= 0.3 is 0 Å². The first kappa shape index (κ1) is 16.9. The number of amides is 2. The van der Waals surface area contributed by atoms with Crippen molar-refractivity contribution in [3.05, 3.63) is 0 Å². The molecule has 0 aliphatic heterocycles. The summed E-state index contributed by atoms with van der Waals surface area (Å²) in [6.45, 7) is 7.90. The van der Waals surface area contributed by atoms with Crippen molar-refractivity contribution in [2.75, 3.05) is 19.6 Å². The number of nitrogens with zero attached hydrogens (tertiary/aromatic N) is 1. The van der Waals surface area contributed by atoms with Crippen LogP contribution in [-0.4, -0.2) is 42.4 Å². The molecule has 0 aliphatic carbocycles. The van der Waals surface area contributed by atoms with Crippen LogP contribution in [0.3, 0.4) is 0 Å². The zero-order chi connectivity index (χ0) is 14.0. The highest BCUT2D eigenvalue weighted by molar-refractivity contribution is 5.83. The van der Waals surface area contributed by atoms with Gasteiger partial charge in [0.05, 0.1) is 0 Å². The van der Waals surface area contributed by atoms with E-state index in [1.54, 1.807) is 0 Å². The van der Waals surface area contributed by atoms with Crippen molar-refractivity contribution in [3.63, 3.8) is 0 Å². The van der Waals surface area contributed by atoms with Crippen molar-refractivity contribution in [1.29, 1.82) is 0 Å². The number of carbonyl (C=O) groups excluding carboxylic acids is 2. The average molecular weight is 257 g/mol. The molecule has 0 radical (unpaired) electrons. The minimum Gasteiger partial charge on any atom is -0.352 e. The number of rotatable bonds is 9. The summed E-state index contributed by atoms with van der Waals surface area (Å²) in [7, 11) is 0. The topological polar surface area (TPSA) is 75.4 Å². The highest BCUT2D eigenvalue weighted by Gasteiger charge is 2.14. The van der Waals surface area contributed by atoms with E-state index in [0.29, 0.717) is 6.54 Å². The lowest BCUT2D eigenvalue weighted by atomic mass is 10.2. The highest BCUT2D eigenvalue weighted by atomic mass is 16.2. The largest absolute Gasteiger partial charge is 0.352 e. The SMILES string of the molecule is CCCN(CCC)C(=O)CCC(=O)N[C@@H](C)CN. The molecule has 0 bridgehead atoms. The fraction of sp³-hybridized carbons (Fsp3) is 0.846. The van der Waals surface area contributed by atoms with Crippen LogP contribution in [0.1, 0.15) is 46.5 Å². The Balaban J connectivity index is 4.02. The fourth-order valence-electron chi connectivity index (χ4n) is 1.69. The first-order chi connectivity index (χ1) is 8.54. The summed E-state index contributed by atoms with van der Waals surface area (Å²) in [6, 6.07) is -0.0324. The fourth-order valence-corrected chi connectivity index (χ4v) is 1.69. The molecule has 0 spiro atoms. The van der Waals surface area contributed by atoms with Crippen molar-refractivity contribution < 1.29 is 9.59 Å². The Morgan fingerprint density at radius 2 is 1.72 bits per heavy atom. The van der Waals surface area contributed by atoms with E-state index in [4.69, 9.17) is 5.73 Å². The predicted molar refractivity (Wildman–Crippen MR) is 73.1 cm³/mol. The maximum Gasteiger partial charge on any atom is 0.223 e. The number of hydrogen-bond acceptors (Lipinski definition) is 3. The maximum absolute atomic E-state index is 11.9. The molecule has 1 atom stereocenters. The van der Waals surface area contributed by atoms with Crippen LogP contribution in [0.15, 0.2) is 0 Å². The molecule has 0 aromatic carbocycles. The molecule has 5 heteroatoms. The van der Waals surface area contributed by atoms with Crippen molar-refractivity contribution >= 4 is 11.8 Å². The second-order valence-electron chi connectivity index (χ2n) is 4.59. The molecule has 3 N–H and O–H groups in total. The van der Waals surface area contributed by atoms with E-state index in [1.807, 2.05) is 25.7 Å². The van der Waals surface area contributed by atoms with Crippen LogP contribution < -0.4 is 11.1 Å². The molecular weight excluding hydrogens is 230 g/mol.